The lowest BCUT2D eigenvalue weighted by atomic mass is 10.1. The predicted octanol–water partition coefficient (Wildman–Crippen LogP) is 1.09. The number of fused-ring (bicyclic) bond motifs is 3. The van der Waals surface area contributed by atoms with Gasteiger partial charge in [-0.15, -0.1) is 5.10 Å². The van der Waals surface area contributed by atoms with Crippen molar-refractivity contribution < 1.29 is 4.79 Å². The number of carbonyl (C=O) groups excluding carboxylic acids is 1. The number of aromatic nitrogens is 4. The molecular formula is C15H18N6O2. The van der Waals surface area contributed by atoms with Crippen LogP contribution in [0.2, 0.25) is 0 Å². The van der Waals surface area contributed by atoms with Gasteiger partial charge in [-0.25, -0.2) is 19.3 Å². The van der Waals surface area contributed by atoms with Crippen molar-refractivity contribution in [1.29, 1.82) is 0 Å². The van der Waals surface area contributed by atoms with Gasteiger partial charge in [0.1, 0.15) is 0 Å². The molecule has 0 radical (unpaired) electrons. The van der Waals surface area contributed by atoms with Crippen molar-refractivity contribution in [3.63, 3.8) is 0 Å². The minimum absolute atomic E-state index is 0.138. The van der Waals surface area contributed by atoms with Gasteiger partial charge in [0.05, 0.1) is 11.0 Å². The van der Waals surface area contributed by atoms with Gasteiger partial charge in [0, 0.05) is 25.7 Å². The molecule has 8 heteroatoms. The Bertz CT molecular complexity index is 954. The topological polar surface area (TPSA) is 95.4 Å². The third-order valence-corrected chi connectivity index (χ3v) is 3.41. The van der Waals surface area contributed by atoms with E-state index in [0.717, 1.165) is 0 Å². The lowest BCUT2D eigenvalue weighted by Crippen LogP contribution is -2.22. The Kier molecular flexibility index (Phi) is 3.51. The fourth-order valence-corrected chi connectivity index (χ4v) is 2.41. The largest absolute Gasteiger partial charge is 0.365 e. The van der Waals surface area contributed by atoms with Crippen molar-refractivity contribution in [2.45, 2.75) is 19.9 Å². The van der Waals surface area contributed by atoms with E-state index in [1.54, 1.807) is 32.3 Å². The number of rotatable bonds is 3. The first kappa shape index (κ1) is 15.0. The van der Waals surface area contributed by atoms with E-state index in [1.165, 1.54) is 9.30 Å². The maximum absolute atomic E-state index is 12.1. The van der Waals surface area contributed by atoms with E-state index in [0.29, 0.717) is 28.1 Å². The highest BCUT2D eigenvalue weighted by Gasteiger charge is 2.16. The van der Waals surface area contributed by atoms with Crippen molar-refractivity contribution in [3.05, 3.63) is 34.2 Å². The van der Waals surface area contributed by atoms with E-state index in [9.17, 15) is 9.59 Å². The summed E-state index contributed by atoms with van der Waals surface area (Å²) in [5, 5.41) is 9.65. The Labute approximate surface area is 132 Å². The molecule has 0 aliphatic rings. The summed E-state index contributed by atoms with van der Waals surface area (Å²) in [5.41, 5.74) is 1.68. The quantitative estimate of drug-likeness (QED) is 0.754. The SMILES string of the molecule is CC(C)Nc1nc2ccc(C(=O)N(C)C)cc2n2c(=O)[nH]nc12. The molecule has 0 saturated heterocycles. The number of hydrogen-bond donors (Lipinski definition) is 2. The van der Waals surface area contributed by atoms with E-state index < -0.39 is 0 Å². The van der Waals surface area contributed by atoms with E-state index in [2.05, 4.69) is 20.5 Å². The fourth-order valence-electron chi connectivity index (χ4n) is 2.41. The van der Waals surface area contributed by atoms with Crippen LogP contribution in [-0.4, -0.2) is 50.5 Å². The monoisotopic (exact) mass is 314 g/mol. The van der Waals surface area contributed by atoms with Crippen LogP contribution in [-0.2, 0) is 0 Å². The molecule has 1 amide bonds. The van der Waals surface area contributed by atoms with Crippen LogP contribution in [0.15, 0.2) is 23.0 Å². The average Bonchev–Trinajstić information content (AvgIpc) is 2.88. The van der Waals surface area contributed by atoms with Crippen molar-refractivity contribution in [2.75, 3.05) is 19.4 Å². The normalized spacial score (nSPS) is 11.3. The second-order valence-electron chi connectivity index (χ2n) is 5.85. The van der Waals surface area contributed by atoms with Gasteiger partial charge in [-0.3, -0.25) is 4.79 Å². The highest BCUT2D eigenvalue weighted by Crippen LogP contribution is 2.21. The smallest absolute Gasteiger partial charge is 0.348 e. The zero-order valence-corrected chi connectivity index (χ0v) is 13.4. The van der Waals surface area contributed by atoms with Crippen LogP contribution in [0.1, 0.15) is 24.2 Å². The highest BCUT2D eigenvalue weighted by molar-refractivity contribution is 5.97. The number of H-pyrrole nitrogens is 1. The molecule has 0 unspecified atom stereocenters. The molecule has 0 bridgehead atoms. The van der Waals surface area contributed by atoms with Crippen molar-refractivity contribution in [3.8, 4) is 0 Å². The summed E-state index contributed by atoms with van der Waals surface area (Å²) in [6.45, 7) is 3.96. The second kappa shape index (κ2) is 5.38. The molecule has 0 atom stereocenters. The minimum atomic E-state index is -0.367. The van der Waals surface area contributed by atoms with Crippen LogP contribution in [0.3, 0.4) is 0 Å². The molecule has 2 N–H and O–H groups in total. The molecular weight excluding hydrogens is 296 g/mol. The summed E-state index contributed by atoms with van der Waals surface area (Å²) in [4.78, 5) is 30.3. The molecule has 3 aromatic rings. The van der Waals surface area contributed by atoms with Gasteiger partial charge in [-0.1, -0.05) is 0 Å². The lowest BCUT2D eigenvalue weighted by Gasteiger charge is -2.13. The van der Waals surface area contributed by atoms with E-state index >= 15 is 0 Å². The van der Waals surface area contributed by atoms with Crippen LogP contribution < -0.4 is 11.0 Å². The van der Waals surface area contributed by atoms with Crippen LogP contribution in [0.5, 0.6) is 0 Å². The molecule has 0 spiro atoms. The van der Waals surface area contributed by atoms with Crippen LogP contribution in [0.25, 0.3) is 16.7 Å². The lowest BCUT2D eigenvalue weighted by molar-refractivity contribution is 0.0827. The first-order chi connectivity index (χ1) is 10.9. The fraction of sp³-hybridized carbons (Fsp3) is 0.333. The summed E-state index contributed by atoms with van der Waals surface area (Å²) in [6, 6.07) is 5.24. The number of carbonyl (C=O) groups is 1. The summed E-state index contributed by atoms with van der Waals surface area (Å²) in [5.74, 6) is 0.388. The summed E-state index contributed by atoms with van der Waals surface area (Å²) in [7, 11) is 3.36. The first-order valence-electron chi connectivity index (χ1n) is 7.27. The minimum Gasteiger partial charge on any atom is -0.365 e. The number of anilines is 1. The maximum Gasteiger partial charge on any atom is 0.348 e. The van der Waals surface area contributed by atoms with E-state index in [-0.39, 0.29) is 17.6 Å². The molecule has 1 aromatic carbocycles. The second-order valence-corrected chi connectivity index (χ2v) is 5.85. The number of nitrogens with one attached hydrogen (secondary N) is 2. The zero-order chi connectivity index (χ0) is 16.7. The third kappa shape index (κ3) is 2.52. The van der Waals surface area contributed by atoms with Crippen LogP contribution in [0, 0.1) is 0 Å². The Morgan fingerprint density at radius 1 is 1.35 bits per heavy atom. The summed E-state index contributed by atoms with van der Waals surface area (Å²) in [6.07, 6.45) is 0. The molecule has 23 heavy (non-hydrogen) atoms. The molecule has 3 rings (SSSR count). The molecule has 120 valence electrons. The van der Waals surface area contributed by atoms with E-state index in [1.807, 2.05) is 13.8 Å². The van der Waals surface area contributed by atoms with Gasteiger partial charge in [-0.2, -0.15) is 0 Å². The first-order valence-corrected chi connectivity index (χ1v) is 7.27. The Morgan fingerprint density at radius 3 is 2.74 bits per heavy atom. The van der Waals surface area contributed by atoms with Crippen molar-refractivity contribution in [1.82, 2.24) is 24.5 Å². The number of aromatic amines is 1. The molecule has 8 nitrogen and oxygen atoms in total. The third-order valence-electron chi connectivity index (χ3n) is 3.41. The van der Waals surface area contributed by atoms with Gasteiger partial charge in [-0.05, 0) is 32.0 Å². The Hall–Kier alpha value is -2.90. The summed E-state index contributed by atoms with van der Waals surface area (Å²) >= 11 is 0. The Balaban J connectivity index is 2.32. The van der Waals surface area contributed by atoms with E-state index in [4.69, 9.17) is 0 Å². The zero-order valence-electron chi connectivity index (χ0n) is 13.4. The van der Waals surface area contributed by atoms with Gasteiger partial charge in [0.2, 0.25) is 5.65 Å². The molecule has 0 aliphatic heterocycles. The van der Waals surface area contributed by atoms with Crippen molar-refractivity contribution in [2.24, 2.45) is 0 Å². The molecule has 0 aliphatic carbocycles. The number of benzene rings is 1. The molecule has 0 saturated carbocycles. The van der Waals surface area contributed by atoms with Crippen LogP contribution in [0.4, 0.5) is 5.82 Å². The van der Waals surface area contributed by atoms with Crippen LogP contribution >= 0.6 is 0 Å². The predicted molar refractivity (Wildman–Crippen MR) is 87.9 cm³/mol. The van der Waals surface area contributed by atoms with Crippen molar-refractivity contribution >= 4 is 28.4 Å². The number of hydrogen-bond acceptors (Lipinski definition) is 5. The number of amides is 1. The average molecular weight is 314 g/mol. The van der Waals surface area contributed by atoms with Gasteiger partial charge in [0.15, 0.2) is 5.82 Å². The standard InChI is InChI=1S/C15H18N6O2/c1-8(2)16-12-13-18-19-15(23)21(13)11-7-9(14(22)20(3)4)5-6-10(11)17-12/h5-8H,1-4H3,(H,16,17)(H,19,23). The maximum atomic E-state index is 12.1. The van der Waals surface area contributed by atoms with Gasteiger partial charge >= 0.3 is 5.69 Å². The molecule has 0 fully saturated rings. The molecule has 2 aromatic heterocycles. The highest BCUT2D eigenvalue weighted by atomic mass is 16.2. The summed E-state index contributed by atoms with van der Waals surface area (Å²) < 4.78 is 1.43. The number of nitrogens with zero attached hydrogens (tertiary/aromatic N) is 4. The van der Waals surface area contributed by atoms with Gasteiger partial charge in [0.25, 0.3) is 5.91 Å². The Morgan fingerprint density at radius 2 is 2.09 bits per heavy atom. The van der Waals surface area contributed by atoms with Gasteiger partial charge < -0.3 is 10.2 Å². The molecule has 2 heterocycles.